The number of carbonyl (C=O) groups is 2. The van der Waals surface area contributed by atoms with Gasteiger partial charge in [0.2, 0.25) is 5.91 Å². The van der Waals surface area contributed by atoms with E-state index in [-0.39, 0.29) is 22.8 Å². The third-order valence-corrected chi connectivity index (χ3v) is 8.29. The van der Waals surface area contributed by atoms with Gasteiger partial charge in [0.05, 0.1) is 17.0 Å². The molecule has 4 saturated carbocycles. The van der Waals surface area contributed by atoms with Crippen molar-refractivity contribution in [2.24, 2.45) is 17.8 Å². The molecule has 0 saturated heterocycles. The zero-order valence-electron chi connectivity index (χ0n) is 18.0. The molecule has 2 amide bonds. The summed E-state index contributed by atoms with van der Waals surface area (Å²) < 4.78 is 40.6. The van der Waals surface area contributed by atoms with E-state index in [9.17, 15) is 22.8 Å². The van der Waals surface area contributed by atoms with Crippen LogP contribution in [0.4, 0.5) is 18.9 Å². The number of hydrogen-bond donors (Lipinski definition) is 2. The predicted octanol–water partition coefficient (Wildman–Crippen LogP) is 5.53. The van der Waals surface area contributed by atoms with Gasteiger partial charge in [0.1, 0.15) is 0 Å². The number of amides is 2. The monoisotopic (exact) mass is 474 g/mol. The normalized spacial score (nSPS) is 27.4. The summed E-state index contributed by atoms with van der Waals surface area (Å²) in [6, 6.07) is 8.37. The van der Waals surface area contributed by atoms with E-state index in [4.69, 9.17) is 0 Å². The molecule has 33 heavy (non-hydrogen) atoms. The SMILES string of the molecule is O=C(CSc1ccccc1C(=O)Nc1ccc(F)c(F)c1F)NC12CC3CC(CC(C3)C1)C2. The summed E-state index contributed by atoms with van der Waals surface area (Å²) in [6.07, 6.45) is 7.08. The van der Waals surface area contributed by atoms with Crippen LogP contribution in [0, 0.1) is 35.2 Å². The number of carbonyl (C=O) groups excluding carboxylic acids is 2. The molecule has 6 rings (SSSR count). The van der Waals surface area contributed by atoms with Gasteiger partial charge in [-0.25, -0.2) is 13.2 Å². The molecule has 4 aliphatic carbocycles. The fraction of sp³-hybridized carbons (Fsp3) is 0.440. The van der Waals surface area contributed by atoms with Crippen molar-refractivity contribution in [3.63, 3.8) is 0 Å². The summed E-state index contributed by atoms with van der Waals surface area (Å²) in [5.74, 6) is -2.80. The smallest absolute Gasteiger partial charge is 0.256 e. The Morgan fingerprint density at radius 1 is 0.909 bits per heavy atom. The van der Waals surface area contributed by atoms with Crippen molar-refractivity contribution in [3.8, 4) is 0 Å². The number of benzene rings is 2. The number of anilines is 1. The standard InChI is InChI=1S/C25H25F3N2O2S/c26-18-5-6-19(23(28)22(18)27)29-24(32)17-3-1-2-4-20(17)33-13-21(31)30-25-10-14-7-15(11-25)9-16(8-14)12-25/h1-6,14-16H,7-13H2,(H,29,32)(H,30,31). The molecule has 4 nitrogen and oxygen atoms in total. The molecule has 4 bridgehead atoms. The highest BCUT2D eigenvalue weighted by Gasteiger charge is 2.51. The van der Waals surface area contributed by atoms with Gasteiger partial charge in [0, 0.05) is 10.4 Å². The minimum absolute atomic E-state index is 0.0520. The molecular weight excluding hydrogens is 449 g/mol. The van der Waals surface area contributed by atoms with Crippen LogP contribution >= 0.6 is 11.8 Å². The first-order valence-corrected chi connectivity index (χ1v) is 12.3. The quantitative estimate of drug-likeness (QED) is 0.427. The number of rotatable bonds is 6. The second kappa shape index (κ2) is 8.70. The molecule has 0 unspecified atom stereocenters. The van der Waals surface area contributed by atoms with Crippen molar-refractivity contribution in [2.75, 3.05) is 11.1 Å². The van der Waals surface area contributed by atoms with Crippen LogP contribution in [0.25, 0.3) is 0 Å². The molecular formula is C25H25F3N2O2S. The van der Waals surface area contributed by atoms with Crippen molar-refractivity contribution in [3.05, 3.63) is 59.4 Å². The highest BCUT2D eigenvalue weighted by Crippen LogP contribution is 2.55. The predicted molar refractivity (Wildman–Crippen MR) is 120 cm³/mol. The Bertz CT molecular complexity index is 1070. The molecule has 0 aliphatic heterocycles. The highest BCUT2D eigenvalue weighted by atomic mass is 32.2. The summed E-state index contributed by atoms with van der Waals surface area (Å²) in [4.78, 5) is 26.1. The van der Waals surface area contributed by atoms with E-state index in [2.05, 4.69) is 10.6 Å². The van der Waals surface area contributed by atoms with Gasteiger partial charge in [-0.3, -0.25) is 9.59 Å². The van der Waals surface area contributed by atoms with E-state index >= 15 is 0 Å². The average Bonchev–Trinajstić information content (AvgIpc) is 2.77. The van der Waals surface area contributed by atoms with Crippen LogP contribution in [0.15, 0.2) is 41.3 Å². The van der Waals surface area contributed by atoms with E-state index in [1.165, 1.54) is 31.0 Å². The van der Waals surface area contributed by atoms with Gasteiger partial charge in [-0.05, 0) is 80.5 Å². The number of thioether (sulfide) groups is 1. The second-order valence-corrected chi connectivity index (χ2v) is 10.7. The molecule has 0 aromatic heterocycles. The Balaban J connectivity index is 1.24. The molecule has 2 N–H and O–H groups in total. The van der Waals surface area contributed by atoms with Crippen molar-refractivity contribution < 1.29 is 22.8 Å². The van der Waals surface area contributed by atoms with E-state index in [1.807, 2.05) is 0 Å². The Morgan fingerprint density at radius 3 is 2.21 bits per heavy atom. The Labute approximate surface area is 194 Å². The number of nitrogens with one attached hydrogen (secondary N) is 2. The first kappa shape index (κ1) is 22.3. The van der Waals surface area contributed by atoms with E-state index < -0.39 is 29.0 Å². The minimum Gasteiger partial charge on any atom is -0.350 e. The van der Waals surface area contributed by atoms with Crippen LogP contribution in [0.1, 0.15) is 48.9 Å². The summed E-state index contributed by atoms with van der Waals surface area (Å²) in [6.45, 7) is 0. The summed E-state index contributed by atoms with van der Waals surface area (Å²) in [5, 5.41) is 5.61. The van der Waals surface area contributed by atoms with Gasteiger partial charge in [-0.15, -0.1) is 11.8 Å². The Hall–Kier alpha value is -2.48. The van der Waals surface area contributed by atoms with Crippen LogP contribution in [0.5, 0.6) is 0 Å². The maximum Gasteiger partial charge on any atom is 0.256 e. The Kier molecular flexibility index (Phi) is 5.89. The van der Waals surface area contributed by atoms with Crippen molar-refractivity contribution in [1.29, 1.82) is 0 Å². The zero-order valence-corrected chi connectivity index (χ0v) is 18.8. The molecule has 4 aliphatic rings. The summed E-state index contributed by atoms with van der Waals surface area (Å²) in [5.41, 5.74) is -0.291. The molecule has 2 aromatic carbocycles. The first-order valence-electron chi connectivity index (χ1n) is 11.3. The van der Waals surface area contributed by atoms with Crippen LogP contribution in [0.3, 0.4) is 0 Å². The van der Waals surface area contributed by atoms with Gasteiger partial charge in [0.15, 0.2) is 17.5 Å². The Morgan fingerprint density at radius 2 is 1.55 bits per heavy atom. The zero-order chi connectivity index (χ0) is 23.2. The van der Waals surface area contributed by atoms with Gasteiger partial charge in [-0.2, -0.15) is 0 Å². The lowest BCUT2D eigenvalue weighted by atomic mass is 9.53. The topological polar surface area (TPSA) is 58.2 Å². The van der Waals surface area contributed by atoms with Gasteiger partial charge >= 0.3 is 0 Å². The second-order valence-electron chi connectivity index (χ2n) is 9.71. The van der Waals surface area contributed by atoms with E-state index in [0.717, 1.165) is 49.1 Å². The van der Waals surface area contributed by atoms with Crippen LogP contribution in [-0.2, 0) is 4.79 Å². The number of halogens is 3. The summed E-state index contributed by atoms with van der Waals surface area (Å²) in [7, 11) is 0. The molecule has 0 atom stereocenters. The van der Waals surface area contributed by atoms with Crippen LogP contribution in [-0.4, -0.2) is 23.1 Å². The molecule has 0 radical (unpaired) electrons. The lowest BCUT2D eigenvalue weighted by molar-refractivity contribution is -0.124. The molecule has 174 valence electrons. The van der Waals surface area contributed by atoms with Crippen LogP contribution in [0.2, 0.25) is 0 Å². The minimum atomic E-state index is -1.64. The van der Waals surface area contributed by atoms with Crippen molar-refractivity contribution in [1.82, 2.24) is 5.32 Å². The van der Waals surface area contributed by atoms with Crippen molar-refractivity contribution >= 4 is 29.3 Å². The van der Waals surface area contributed by atoms with E-state index in [1.54, 1.807) is 24.3 Å². The molecule has 2 aromatic rings. The lowest BCUT2D eigenvalue weighted by Crippen LogP contribution is -2.60. The molecule has 4 fully saturated rings. The fourth-order valence-corrected chi connectivity index (χ4v) is 7.18. The van der Waals surface area contributed by atoms with Gasteiger partial charge < -0.3 is 10.6 Å². The first-order chi connectivity index (χ1) is 15.8. The van der Waals surface area contributed by atoms with Crippen LogP contribution < -0.4 is 10.6 Å². The average molecular weight is 475 g/mol. The van der Waals surface area contributed by atoms with Gasteiger partial charge in [0.25, 0.3) is 5.91 Å². The summed E-state index contributed by atoms with van der Waals surface area (Å²) >= 11 is 1.23. The third-order valence-electron chi connectivity index (χ3n) is 7.22. The number of hydrogen-bond acceptors (Lipinski definition) is 3. The maximum atomic E-state index is 14.0. The third kappa shape index (κ3) is 4.50. The molecule has 8 heteroatoms. The maximum absolute atomic E-state index is 14.0. The largest absolute Gasteiger partial charge is 0.350 e. The highest BCUT2D eigenvalue weighted by molar-refractivity contribution is 8.00. The van der Waals surface area contributed by atoms with E-state index in [0.29, 0.717) is 4.90 Å². The lowest BCUT2D eigenvalue weighted by Gasteiger charge is -2.56. The fourth-order valence-electron chi connectivity index (χ4n) is 6.33. The van der Waals surface area contributed by atoms with Gasteiger partial charge in [-0.1, -0.05) is 12.1 Å². The molecule has 0 heterocycles. The van der Waals surface area contributed by atoms with Crippen molar-refractivity contribution in [2.45, 2.75) is 49.0 Å². The molecule has 0 spiro atoms.